The van der Waals surface area contributed by atoms with Gasteiger partial charge in [-0.15, -0.1) is 0 Å². The molecule has 0 aliphatic carbocycles. The molecule has 1 unspecified atom stereocenters. The number of methoxy groups -OCH3 is 1. The number of furan rings is 1. The van der Waals surface area contributed by atoms with E-state index in [0.29, 0.717) is 29.9 Å². The first kappa shape index (κ1) is 18.9. The minimum Gasteiger partial charge on any atom is -0.469 e. The monoisotopic (exact) mass is 414 g/mol. The number of ether oxygens (including phenoxy) is 1. The molecule has 154 valence electrons. The van der Waals surface area contributed by atoms with E-state index in [1.165, 1.54) is 7.11 Å². The minimum atomic E-state index is -0.426. The van der Waals surface area contributed by atoms with Crippen LogP contribution in [0.4, 0.5) is 5.82 Å². The Labute approximate surface area is 178 Å². The van der Waals surface area contributed by atoms with E-state index in [0.717, 1.165) is 17.0 Å². The Bertz CT molecular complexity index is 1210. The fraction of sp³-hybridized carbons (Fsp3) is 0.174. The van der Waals surface area contributed by atoms with Gasteiger partial charge in [-0.3, -0.25) is 5.32 Å². The van der Waals surface area contributed by atoms with Gasteiger partial charge in [0.15, 0.2) is 0 Å². The van der Waals surface area contributed by atoms with Crippen molar-refractivity contribution < 1.29 is 18.5 Å². The summed E-state index contributed by atoms with van der Waals surface area (Å²) in [6.45, 7) is 0. The number of aromatic nitrogens is 4. The van der Waals surface area contributed by atoms with Gasteiger partial charge in [0.2, 0.25) is 6.04 Å². The Balaban J connectivity index is 1.55. The third-order valence-corrected chi connectivity index (χ3v) is 5.17. The third-order valence-electron chi connectivity index (χ3n) is 5.17. The van der Waals surface area contributed by atoms with Gasteiger partial charge in [-0.25, -0.2) is 19.7 Å². The van der Waals surface area contributed by atoms with Crippen molar-refractivity contribution in [2.45, 2.75) is 18.9 Å². The first-order valence-corrected chi connectivity index (χ1v) is 9.90. The van der Waals surface area contributed by atoms with Crippen LogP contribution in [-0.4, -0.2) is 34.0 Å². The van der Waals surface area contributed by atoms with Gasteiger partial charge in [0.1, 0.15) is 23.3 Å². The van der Waals surface area contributed by atoms with E-state index < -0.39 is 6.04 Å². The molecular weight excluding hydrogens is 394 g/mol. The first-order valence-electron chi connectivity index (χ1n) is 9.90. The molecule has 0 saturated heterocycles. The number of nitrogens with one attached hydrogen (secondary N) is 1. The smallest absolute Gasteiger partial charge is 0.359 e. The fourth-order valence-electron chi connectivity index (χ4n) is 3.65. The molecule has 1 aliphatic rings. The molecule has 8 nitrogen and oxygen atoms in total. The second-order valence-corrected chi connectivity index (χ2v) is 7.23. The molecule has 1 aromatic carbocycles. The van der Waals surface area contributed by atoms with E-state index in [4.69, 9.17) is 14.1 Å². The van der Waals surface area contributed by atoms with Crippen LogP contribution in [0.1, 0.15) is 21.8 Å². The van der Waals surface area contributed by atoms with Gasteiger partial charge in [-0.1, -0.05) is 30.3 Å². The molecule has 1 N–H and O–H groups in total. The van der Waals surface area contributed by atoms with Crippen molar-refractivity contribution in [1.82, 2.24) is 15.0 Å². The summed E-state index contributed by atoms with van der Waals surface area (Å²) >= 11 is 0. The van der Waals surface area contributed by atoms with Crippen LogP contribution in [0.5, 0.6) is 6.01 Å². The number of benzene rings is 1. The highest BCUT2D eigenvalue weighted by Crippen LogP contribution is 2.24. The topological polar surface area (TPSA) is 94.0 Å². The van der Waals surface area contributed by atoms with Gasteiger partial charge in [0.25, 0.3) is 0 Å². The van der Waals surface area contributed by atoms with E-state index in [2.05, 4.69) is 15.3 Å². The van der Waals surface area contributed by atoms with E-state index in [-0.39, 0.29) is 11.9 Å². The number of rotatable bonds is 6. The summed E-state index contributed by atoms with van der Waals surface area (Å²) in [7, 11) is 1.51. The number of hydrogen-bond donors (Lipinski definition) is 1. The highest BCUT2D eigenvalue weighted by molar-refractivity contribution is 5.82. The molecule has 3 aromatic heterocycles. The van der Waals surface area contributed by atoms with Crippen LogP contribution in [0.25, 0.3) is 11.3 Å². The van der Waals surface area contributed by atoms with Gasteiger partial charge >= 0.3 is 17.7 Å². The summed E-state index contributed by atoms with van der Waals surface area (Å²) < 4.78 is 12.1. The highest BCUT2D eigenvalue weighted by Gasteiger charge is 2.41. The van der Waals surface area contributed by atoms with E-state index >= 15 is 0 Å². The van der Waals surface area contributed by atoms with Gasteiger partial charge in [0.05, 0.1) is 19.8 Å². The van der Waals surface area contributed by atoms with Gasteiger partial charge in [0, 0.05) is 24.4 Å². The second-order valence-electron chi connectivity index (χ2n) is 7.23. The molecule has 4 heterocycles. The van der Waals surface area contributed by atoms with Crippen molar-refractivity contribution in [2.24, 2.45) is 0 Å². The molecule has 0 saturated carbocycles. The maximum Gasteiger partial charge on any atom is 0.359 e. The maximum absolute atomic E-state index is 13.2. The molecule has 31 heavy (non-hydrogen) atoms. The lowest BCUT2D eigenvalue weighted by Crippen LogP contribution is -2.44. The first-order chi connectivity index (χ1) is 15.2. The Hall–Kier alpha value is -4.07. The summed E-state index contributed by atoms with van der Waals surface area (Å²) in [5.41, 5.74) is 3.19. The van der Waals surface area contributed by atoms with Crippen molar-refractivity contribution in [3.05, 3.63) is 84.3 Å². The zero-order chi connectivity index (χ0) is 21.2. The summed E-state index contributed by atoms with van der Waals surface area (Å²) in [6, 6.07) is 13.6. The largest absolute Gasteiger partial charge is 0.469 e. The Kier molecular flexibility index (Phi) is 4.87. The molecule has 0 radical (unpaired) electrons. The fourth-order valence-corrected chi connectivity index (χ4v) is 3.65. The molecular formula is C23H20N5O3+. The zero-order valence-corrected chi connectivity index (χ0v) is 16.9. The standard InChI is InChI=1S/C23H19N5O3/c1-30-23-24-12-16(13-25-23)20-14-28-21(18(26-20)10-15-6-3-2-4-7-15)27-19(22(28)29)11-17-8-5-9-31-17/h2-9,12-14,19H,10-11H2,1H3/p+1. The summed E-state index contributed by atoms with van der Waals surface area (Å²) in [4.78, 5) is 26.4. The molecule has 8 heteroatoms. The van der Waals surface area contributed by atoms with Crippen LogP contribution >= 0.6 is 0 Å². The number of carbonyl (C=O) groups excluding carboxylic acids is 1. The molecule has 1 atom stereocenters. The molecule has 1 aliphatic heterocycles. The van der Waals surface area contributed by atoms with Crippen molar-refractivity contribution in [3.63, 3.8) is 0 Å². The Morgan fingerprint density at radius 3 is 2.65 bits per heavy atom. The quantitative estimate of drug-likeness (QED) is 0.485. The lowest BCUT2D eigenvalue weighted by atomic mass is 10.1. The van der Waals surface area contributed by atoms with Gasteiger partial charge in [-0.05, 0) is 17.7 Å². The van der Waals surface area contributed by atoms with Gasteiger partial charge in [-0.2, -0.15) is 4.57 Å². The zero-order valence-electron chi connectivity index (χ0n) is 16.9. The van der Waals surface area contributed by atoms with Crippen LogP contribution in [0.15, 0.2) is 71.7 Å². The summed E-state index contributed by atoms with van der Waals surface area (Å²) in [5.74, 6) is 1.39. The number of nitrogens with zero attached hydrogens (tertiary/aromatic N) is 4. The van der Waals surface area contributed by atoms with Crippen molar-refractivity contribution in [3.8, 4) is 17.3 Å². The minimum absolute atomic E-state index is 0.0567. The Morgan fingerprint density at radius 1 is 1.13 bits per heavy atom. The number of anilines is 1. The number of fused-ring (bicyclic) bond motifs is 1. The second kappa shape index (κ2) is 7.98. The van der Waals surface area contributed by atoms with Crippen LogP contribution in [0, 0.1) is 0 Å². The van der Waals surface area contributed by atoms with E-state index in [1.807, 2.05) is 42.5 Å². The average molecular weight is 414 g/mol. The van der Waals surface area contributed by atoms with Crippen LogP contribution in [0.2, 0.25) is 0 Å². The van der Waals surface area contributed by atoms with Crippen molar-refractivity contribution in [2.75, 3.05) is 12.4 Å². The molecule has 0 spiro atoms. The molecule has 0 amide bonds. The predicted octanol–water partition coefficient (Wildman–Crippen LogP) is 2.70. The number of carbonyl (C=O) groups is 1. The normalized spacial score (nSPS) is 14.9. The van der Waals surface area contributed by atoms with Crippen molar-refractivity contribution >= 4 is 11.7 Å². The van der Waals surface area contributed by atoms with Crippen LogP contribution in [-0.2, 0) is 12.8 Å². The average Bonchev–Trinajstić information content (AvgIpc) is 3.43. The molecule has 0 bridgehead atoms. The molecule has 5 rings (SSSR count). The lowest BCUT2D eigenvalue weighted by Gasteiger charge is -2.07. The van der Waals surface area contributed by atoms with E-state index in [9.17, 15) is 4.79 Å². The number of hydrogen-bond acceptors (Lipinski definition) is 7. The Morgan fingerprint density at radius 2 is 1.94 bits per heavy atom. The van der Waals surface area contributed by atoms with Crippen molar-refractivity contribution in [1.29, 1.82) is 0 Å². The van der Waals surface area contributed by atoms with Crippen LogP contribution < -0.4 is 14.6 Å². The van der Waals surface area contributed by atoms with Crippen LogP contribution in [0.3, 0.4) is 0 Å². The SMILES string of the molecule is COc1ncc(-c2c[n+]3c(c(Cc4ccccc4)n2)NC(Cc2ccco2)C3=O)cn1. The van der Waals surface area contributed by atoms with E-state index in [1.54, 1.807) is 29.4 Å². The molecule has 0 fully saturated rings. The summed E-state index contributed by atoms with van der Waals surface area (Å²) in [6.07, 6.45) is 7.65. The molecule has 4 aromatic rings. The van der Waals surface area contributed by atoms with Gasteiger partial charge < -0.3 is 9.15 Å². The highest BCUT2D eigenvalue weighted by atomic mass is 16.5. The lowest BCUT2D eigenvalue weighted by molar-refractivity contribution is -0.552. The predicted molar refractivity (Wildman–Crippen MR) is 112 cm³/mol. The summed E-state index contributed by atoms with van der Waals surface area (Å²) in [5, 5.41) is 3.35. The maximum atomic E-state index is 13.2. The third kappa shape index (κ3) is 3.75.